The number of nitrogens with zero attached hydrogens (tertiary/aromatic N) is 5. The maximum Gasteiger partial charge on any atom is 0.194 e. The first-order chi connectivity index (χ1) is 15.1. The summed E-state index contributed by atoms with van der Waals surface area (Å²) in [5, 5.41) is 12.3. The van der Waals surface area contributed by atoms with E-state index in [4.69, 9.17) is 9.73 Å². The van der Waals surface area contributed by atoms with Crippen LogP contribution in [-0.4, -0.2) is 45.3 Å². The Hall–Kier alpha value is -2.57. The number of ether oxygens (including phenoxy) is 1. The van der Waals surface area contributed by atoms with Gasteiger partial charge < -0.3 is 19.5 Å². The molecule has 166 valence electrons. The highest BCUT2D eigenvalue weighted by atomic mass is 16.5. The Morgan fingerprint density at radius 3 is 2.84 bits per heavy atom. The summed E-state index contributed by atoms with van der Waals surface area (Å²) < 4.78 is 7.91. The molecular formula is C24H34N6O. The van der Waals surface area contributed by atoms with Crippen molar-refractivity contribution in [3.8, 4) is 5.75 Å². The number of hydrogen-bond acceptors (Lipinski definition) is 4. The van der Waals surface area contributed by atoms with Gasteiger partial charge in [-0.05, 0) is 37.7 Å². The third kappa shape index (κ3) is 4.14. The van der Waals surface area contributed by atoms with Gasteiger partial charge in [-0.2, -0.15) is 0 Å². The Morgan fingerprint density at radius 1 is 1.19 bits per heavy atom. The highest BCUT2D eigenvalue weighted by molar-refractivity contribution is 5.81. The summed E-state index contributed by atoms with van der Waals surface area (Å²) in [5.41, 5.74) is 1.71. The van der Waals surface area contributed by atoms with Crippen LogP contribution in [0.2, 0.25) is 0 Å². The van der Waals surface area contributed by atoms with Crippen molar-refractivity contribution < 1.29 is 4.74 Å². The van der Waals surface area contributed by atoms with Gasteiger partial charge >= 0.3 is 0 Å². The van der Waals surface area contributed by atoms with Crippen molar-refractivity contribution in [2.24, 2.45) is 17.5 Å². The molecule has 7 nitrogen and oxygen atoms in total. The lowest BCUT2D eigenvalue weighted by Gasteiger charge is -2.35. The maximum absolute atomic E-state index is 5.88. The van der Waals surface area contributed by atoms with Crippen LogP contribution in [0.1, 0.15) is 68.2 Å². The number of aliphatic imine (C=N–C) groups is 1. The molecule has 3 heterocycles. The highest BCUT2D eigenvalue weighted by Crippen LogP contribution is 2.44. The van der Waals surface area contributed by atoms with Gasteiger partial charge in [-0.3, -0.25) is 0 Å². The summed E-state index contributed by atoms with van der Waals surface area (Å²) >= 11 is 0. The Morgan fingerprint density at radius 2 is 2.03 bits per heavy atom. The van der Waals surface area contributed by atoms with Crippen molar-refractivity contribution >= 4 is 5.96 Å². The fraction of sp³-hybridized carbons (Fsp3) is 0.625. The zero-order valence-electron chi connectivity index (χ0n) is 18.8. The second-order valence-electron chi connectivity index (χ2n) is 9.47. The Labute approximate surface area is 184 Å². The number of fused-ring (bicyclic) bond motifs is 1. The molecule has 1 aromatic carbocycles. The van der Waals surface area contributed by atoms with Crippen molar-refractivity contribution in [2.45, 2.75) is 64.5 Å². The van der Waals surface area contributed by atoms with E-state index in [1.54, 1.807) is 0 Å². The lowest BCUT2D eigenvalue weighted by atomic mass is 9.73. The van der Waals surface area contributed by atoms with E-state index in [2.05, 4.69) is 38.6 Å². The molecule has 1 aromatic heterocycles. The minimum atomic E-state index is 0.216. The molecule has 1 saturated heterocycles. The molecule has 1 atom stereocenters. The van der Waals surface area contributed by atoms with Crippen LogP contribution in [-0.2, 0) is 13.6 Å². The van der Waals surface area contributed by atoms with Gasteiger partial charge in [-0.25, -0.2) is 4.99 Å². The van der Waals surface area contributed by atoms with E-state index >= 15 is 0 Å². The number of guanidine groups is 1. The molecule has 1 unspecified atom stereocenters. The van der Waals surface area contributed by atoms with Crippen LogP contribution < -0.4 is 10.1 Å². The first kappa shape index (κ1) is 20.3. The maximum atomic E-state index is 5.88. The van der Waals surface area contributed by atoms with Crippen LogP contribution in [0.15, 0.2) is 29.3 Å². The molecule has 0 amide bonds. The SMILES string of the molecule is Cc1nnc(CN=C(NC2CCOc3ccccc32)N2CCC3(CCCCC3)C2)n1C. The summed E-state index contributed by atoms with van der Waals surface area (Å²) in [6.07, 6.45) is 9.09. The van der Waals surface area contributed by atoms with Gasteiger partial charge in [0, 0.05) is 32.1 Å². The summed E-state index contributed by atoms with van der Waals surface area (Å²) in [5.74, 6) is 3.81. The number of rotatable bonds is 3. The van der Waals surface area contributed by atoms with Gasteiger partial charge in [-0.1, -0.05) is 37.5 Å². The highest BCUT2D eigenvalue weighted by Gasteiger charge is 2.40. The molecule has 1 N–H and O–H groups in total. The molecule has 1 spiro atoms. The van der Waals surface area contributed by atoms with E-state index in [9.17, 15) is 0 Å². The zero-order valence-corrected chi connectivity index (χ0v) is 18.8. The van der Waals surface area contributed by atoms with Gasteiger partial charge in [-0.15, -0.1) is 10.2 Å². The van der Waals surface area contributed by atoms with Crippen LogP contribution >= 0.6 is 0 Å². The molecule has 2 fully saturated rings. The van der Waals surface area contributed by atoms with E-state index < -0.39 is 0 Å². The molecule has 31 heavy (non-hydrogen) atoms. The standard InChI is InChI=1S/C24H34N6O/c1-18-27-28-22(29(18)2)16-25-23(30-14-13-24(17-30)11-6-3-7-12-24)26-20-10-15-31-21-9-5-4-8-19(20)21/h4-5,8-9,20H,3,6-7,10-17H2,1-2H3,(H,25,26). The number of aromatic nitrogens is 3. The van der Waals surface area contributed by atoms with Gasteiger partial charge in [0.25, 0.3) is 0 Å². The minimum absolute atomic E-state index is 0.216. The molecule has 2 aliphatic heterocycles. The van der Waals surface area contributed by atoms with E-state index in [0.717, 1.165) is 49.5 Å². The summed E-state index contributed by atoms with van der Waals surface area (Å²) in [6.45, 7) is 5.43. The van der Waals surface area contributed by atoms with Crippen LogP contribution in [0, 0.1) is 12.3 Å². The number of benzene rings is 1. The Kier molecular flexibility index (Phi) is 5.59. The normalized spacial score (nSPS) is 23.0. The van der Waals surface area contributed by atoms with Crippen LogP contribution in [0.5, 0.6) is 5.75 Å². The summed E-state index contributed by atoms with van der Waals surface area (Å²) in [4.78, 5) is 7.56. The molecular weight excluding hydrogens is 388 g/mol. The molecule has 1 aliphatic carbocycles. The molecule has 0 radical (unpaired) electrons. The lowest BCUT2D eigenvalue weighted by Crippen LogP contribution is -2.44. The van der Waals surface area contributed by atoms with Gasteiger partial charge in [0.1, 0.15) is 18.1 Å². The van der Waals surface area contributed by atoms with Gasteiger partial charge in [0.15, 0.2) is 11.8 Å². The van der Waals surface area contributed by atoms with Crippen molar-refractivity contribution in [1.29, 1.82) is 0 Å². The average molecular weight is 423 g/mol. The topological polar surface area (TPSA) is 67.6 Å². The Bertz CT molecular complexity index is 945. The van der Waals surface area contributed by atoms with Crippen molar-refractivity contribution in [3.63, 3.8) is 0 Å². The number of likely N-dealkylation sites (tertiary alicyclic amines) is 1. The van der Waals surface area contributed by atoms with Crippen molar-refractivity contribution in [2.75, 3.05) is 19.7 Å². The van der Waals surface area contributed by atoms with Gasteiger partial charge in [0.05, 0.1) is 12.6 Å². The molecule has 1 saturated carbocycles. The van der Waals surface area contributed by atoms with E-state index in [0.29, 0.717) is 12.0 Å². The van der Waals surface area contributed by atoms with Gasteiger partial charge in [0.2, 0.25) is 0 Å². The molecule has 5 rings (SSSR count). The van der Waals surface area contributed by atoms with E-state index in [1.165, 1.54) is 44.1 Å². The van der Waals surface area contributed by atoms with Crippen molar-refractivity contribution in [3.05, 3.63) is 41.5 Å². The first-order valence-electron chi connectivity index (χ1n) is 11.8. The number of hydrogen-bond donors (Lipinski definition) is 1. The molecule has 0 bridgehead atoms. The monoisotopic (exact) mass is 422 g/mol. The second-order valence-corrected chi connectivity index (χ2v) is 9.47. The summed E-state index contributed by atoms with van der Waals surface area (Å²) in [7, 11) is 2.01. The fourth-order valence-electron chi connectivity index (χ4n) is 5.44. The smallest absolute Gasteiger partial charge is 0.194 e. The van der Waals surface area contributed by atoms with E-state index in [1.807, 2.05) is 24.6 Å². The molecule has 2 aromatic rings. The predicted molar refractivity (Wildman–Crippen MR) is 121 cm³/mol. The minimum Gasteiger partial charge on any atom is -0.493 e. The average Bonchev–Trinajstić information content (AvgIpc) is 3.35. The zero-order chi connectivity index (χ0) is 21.3. The van der Waals surface area contributed by atoms with Crippen LogP contribution in [0.3, 0.4) is 0 Å². The number of para-hydroxylation sites is 1. The largest absolute Gasteiger partial charge is 0.493 e. The van der Waals surface area contributed by atoms with Crippen LogP contribution in [0.4, 0.5) is 0 Å². The van der Waals surface area contributed by atoms with Crippen LogP contribution in [0.25, 0.3) is 0 Å². The Balaban J connectivity index is 1.39. The predicted octanol–water partition coefficient (Wildman–Crippen LogP) is 3.75. The molecule has 3 aliphatic rings. The second kappa shape index (κ2) is 8.52. The third-order valence-electron chi connectivity index (χ3n) is 7.47. The molecule has 7 heteroatoms. The van der Waals surface area contributed by atoms with E-state index in [-0.39, 0.29) is 6.04 Å². The number of nitrogens with one attached hydrogen (secondary N) is 1. The van der Waals surface area contributed by atoms with Crippen molar-refractivity contribution in [1.82, 2.24) is 25.0 Å². The fourth-order valence-corrected chi connectivity index (χ4v) is 5.44. The quantitative estimate of drug-likeness (QED) is 0.603. The number of aryl methyl sites for hydroxylation is 1. The summed E-state index contributed by atoms with van der Waals surface area (Å²) in [6, 6.07) is 8.58. The lowest BCUT2D eigenvalue weighted by molar-refractivity contribution is 0.202. The first-order valence-corrected chi connectivity index (χ1v) is 11.8. The third-order valence-corrected chi connectivity index (χ3v) is 7.47.